The maximum atomic E-state index is 4.23. The molecule has 0 aliphatic rings. The van der Waals surface area contributed by atoms with Crippen molar-refractivity contribution in [3.8, 4) is 0 Å². The lowest BCUT2D eigenvalue weighted by atomic mass is 10.1. The maximum Gasteiger partial charge on any atom is 0.0537 e. The lowest BCUT2D eigenvalue weighted by Crippen LogP contribution is -2.23. The lowest BCUT2D eigenvalue weighted by molar-refractivity contribution is 0.445. The fraction of sp³-hybridized carbons (Fsp3) is 0.500. The number of thiophene rings is 1. The number of hydrogen-bond donors (Lipinski definition) is 1. The van der Waals surface area contributed by atoms with E-state index in [2.05, 4.69) is 48.0 Å². The zero-order valence-electron chi connectivity index (χ0n) is 11.3. The van der Waals surface area contributed by atoms with E-state index in [-0.39, 0.29) is 0 Å². The molecule has 0 aromatic carbocycles. The van der Waals surface area contributed by atoms with Crippen LogP contribution in [0.3, 0.4) is 0 Å². The Kier molecular flexibility index (Phi) is 4.55. The van der Waals surface area contributed by atoms with Crippen LogP contribution >= 0.6 is 11.3 Å². The van der Waals surface area contributed by atoms with Crippen molar-refractivity contribution in [2.75, 3.05) is 0 Å². The Morgan fingerprint density at radius 2 is 2.33 bits per heavy atom. The molecule has 2 rings (SSSR count). The molecule has 1 N–H and O–H groups in total. The highest BCUT2D eigenvalue weighted by atomic mass is 32.1. The van der Waals surface area contributed by atoms with E-state index < -0.39 is 0 Å². The van der Waals surface area contributed by atoms with E-state index in [1.165, 1.54) is 23.3 Å². The van der Waals surface area contributed by atoms with Crippen LogP contribution in [0.15, 0.2) is 29.9 Å². The Labute approximate surface area is 113 Å². The van der Waals surface area contributed by atoms with Crippen molar-refractivity contribution in [1.29, 1.82) is 0 Å². The summed E-state index contributed by atoms with van der Waals surface area (Å²) in [5.74, 6) is 0. The number of nitrogens with zero attached hydrogens (tertiary/aromatic N) is 2. The van der Waals surface area contributed by atoms with Crippen LogP contribution in [-0.2, 0) is 7.05 Å². The first-order valence-electron chi connectivity index (χ1n) is 6.48. The van der Waals surface area contributed by atoms with Gasteiger partial charge in [-0.05, 0) is 24.8 Å². The fourth-order valence-electron chi connectivity index (χ4n) is 2.15. The molecule has 2 aromatic rings. The van der Waals surface area contributed by atoms with E-state index in [1.807, 2.05) is 29.3 Å². The molecular formula is C14H21N3S. The van der Waals surface area contributed by atoms with Gasteiger partial charge in [0, 0.05) is 35.8 Å². The van der Waals surface area contributed by atoms with Crippen molar-refractivity contribution in [2.45, 2.75) is 38.8 Å². The molecule has 0 aliphatic heterocycles. The number of aromatic nitrogens is 2. The summed E-state index contributed by atoms with van der Waals surface area (Å²) in [6.07, 6.45) is 6.38. The summed E-state index contributed by atoms with van der Waals surface area (Å²) in [6.45, 7) is 4.43. The van der Waals surface area contributed by atoms with Crippen LogP contribution in [-0.4, -0.2) is 9.78 Å². The Morgan fingerprint density at radius 1 is 1.50 bits per heavy atom. The fourth-order valence-corrected chi connectivity index (χ4v) is 2.97. The summed E-state index contributed by atoms with van der Waals surface area (Å²) >= 11 is 1.83. The molecule has 0 amide bonds. The van der Waals surface area contributed by atoms with Gasteiger partial charge in [0.25, 0.3) is 0 Å². The molecule has 2 unspecified atom stereocenters. The molecule has 4 heteroatoms. The van der Waals surface area contributed by atoms with Gasteiger partial charge in [-0.15, -0.1) is 11.3 Å². The molecule has 2 aromatic heterocycles. The zero-order chi connectivity index (χ0) is 13.0. The predicted molar refractivity (Wildman–Crippen MR) is 76.7 cm³/mol. The van der Waals surface area contributed by atoms with Gasteiger partial charge in [-0.1, -0.05) is 19.4 Å². The minimum absolute atomic E-state index is 0.331. The van der Waals surface area contributed by atoms with Crippen LogP contribution in [0.4, 0.5) is 0 Å². The molecule has 0 spiro atoms. The Bertz CT molecular complexity index is 461. The van der Waals surface area contributed by atoms with Crippen molar-refractivity contribution in [3.05, 3.63) is 40.3 Å². The summed E-state index contributed by atoms with van der Waals surface area (Å²) in [5.41, 5.74) is 1.25. The molecule has 0 saturated heterocycles. The van der Waals surface area contributed by atoms with Gasteiger partial charge < -0.3 is 5.32 Å². The summed E-state index contributed by atoms with van der Waals surface area (Å²) in [5, 5.41) is 10.1. The van der Waals surface area contributed by atoms with E-state index >= 15 is 0 Å². The van der Waals surface area contributed by atoms with Crippen molar-refractivity contribution in [2.24, 2.45) is 7.05 Å². The van der Waals surface area contributed by atoms with E-state index in [0.717, 1.165) is 0 Å². The molecule has 0 aliphatic carbocycles. The Hall–Kier alpha value is -1.13. The van der Waals surface area contributed by atoms with Gasteiger partial charge in [-0.3, -0.25) is 4.68 Å². The SMILES string of the molecule is CCCC(NC(C)c1cnn(C)c1)c1cccs1. The summed E-state index contributed by atoms with van der Waals surface area (Å²) < 4.78 is 1.85. The minimum atomic E-state index is 0.331. The van der Waals surface area contributed by atoms with Crippen molar-refractivity contribution in [1.82, 2.24) is 15.1 Å². The topological polar surface area (TPSA) is 29.9 Å². The van der Waals surface area contributed by atoms with Crippen LogP contribution < -0.4 is 5.32 Å². The third-order valence-corrected chi connectivity index (χ3v) is 4.13. The Balaban J connectivity index is 2.05. The van der Waals surface area contributed by atoms with E-state index in [9.17, 15) is 0 Å². The number of hydrogen-bond acceptors (Lipinski definition) is 3. The highest BCUT2D eigenvalue weighted by Crippen LogP contribution is 2.26. The lowest BCUT2D eigenvalue weighted by Gasteiger charge is -2.21. The van der Waals surface area contributed by atoms with Gasteiger partial charge in [0.15, 0.2) is 0 Å². The Morgan fingerprint density at radius 3 is 2.89 bits per heavy atom. The second kappa shape index (κ2) is 6.16. The third-order valence-electron chi connectivity index (χ3n) is 3.14. The van der Waals surface area contributed by atoms with Gasteiger partial charge in [0.1, 0.15) is 0 Å². The second-order valence-corrected chi connectivity index (χ2v) is 5.67. The monoisotopic (exact) mass is 263 g/mol. The molecule has 18 heavy (non-hydrogen) atoms. The first-order valence-corrected chi connectivity index (χ1v) is 7.36. The molecule has 0 saturated carbocycles. The summed E-state index contributed by atoms with van der Waals surface area (Å²) in [4.78, 5) is 1.42. The minimum Gasteiger partial charge on any atom is -0.302 e. The first-order chi connectivity index (χ1) is 8.70. The molecule has 3 nitrogen and oxygen atoms in total. The van der Waals surface area contributed by atoms with E-state index in [4.69, 9.17) is 0 Å². The quantitative estimate of drug-likeness (QED) is 0.861. The van der Waals surface area contributed by atoms with Gasteiger partial charge in [0.2, 0.25) is 0 Å². The average Bonchev–Trinajstić information content (AvgIpc) is 2.98. The van der Waals surface area contributed by atoms with Crippen molar-refractivity contribution < 1.29 is 0 Å². The molecule has 2 atom stereocenters. The number of nitrogens with one attached hydrogen (secondary N) is 1. The van der Waals surface area contributed by atoms with Crippen LogP contribution in [0.1, 0.15) is 49.2 Å². The van der Waals surface area contributed by atoms with Gasteiger partial charge >= 0.3 is 0 Å². The molecule has 0 fully saturated rings. The molecule has 0 bridgehead atoms. The highest BCUT2D eigenvalue weighted by molar-refractivity contribution is 7.10. The molecule has 98 valence electrons. The number of rotatable bonds is 6. The molecular weight excluding hydrogens is 242 g/mol. The van der Waals surface area contributed by atoms with Gasteiger partial charge in [-0.25, -0.2) is 0 Å². The second-order valence-electron chi connectivity index (χ2n) is 4.69. The average molecular weight is 263 g/mol. The maximum absolute atomic E-state index is 4.23. The third kappa shape index (κ3) is 3.21. The summed E-state index contributed by atoms with van der Waals surface area (Å²) in [6, 6.07) is 5.12. The van der Waals surface area contributed by atoms with E-state index in [1.54, 1.807) is 0 Å². The van der Waals surface area contributed by atoms with Crippen LogP contribution in [0, 0.1) is 0 Å². The van der Waals surface area contributed by atoms with E-state index in [0.29, 0.717) is 12.1 Å². The van der Waals surface area contributed by atoms with Crippen molar-refractivity contribution in [3.63, 3.8) is 0 Å². The zero-order valence-corrected chi connectivity index (χ0v) is 12.1. The number of aryl methyl sites for hydroxylation is 1. The van der Waals surface area contributed by atoms with Crippen LogP contribution in [0.5, 0.6) is 0 Å². The van der Waals surface area contributed by atoms with Crippen LogP contribution in [0.25, 0.3) is 0 Å². The highest BCUT2D eigenvalue weighted by Gasteiger charge is 2.16. The smallest absolute Gasteiger partial charge is 0.0537 e. The molecule has 2 heterocycles. The standard InChI is InChI=1S/C14H21N3S/c1-4-6-13(14-7-5-8-18-14)16-11(2)12-9-15-17(3)10-12/h5,7-11,13,16H,4,6H2,1-3H3. The largest absolute Gasteiger partial charge is 0.302 e. The predicted octanol–water partition coefficient (Wildman–Crippen LogP) is 3.67. The van der Waals surface area contributed by atoms with Gasteiger partial charge in [0.05, 0.1) is 6.20 Å². The summed E-state index contributed by atoms with van der Waals surface area (Å²) in [7, 11) is 1.96. The van der Waals surface area contributed by atoms with Gasteiger partial charge in [-0.2, -0.15) is 5.10 Å². The van der Waals surface area contributed by atoms with Crippen LogP contribution in [0.2, 0.25) is 0 Å². The van der Waals surface area contributed by atoms with Crippen molar-refractivity contribution >= 4 is 11.3 Å². The first kappa shape index (κ1) is 13.3. The normalized spacial score (nSPS) is 14.6. The molecule has 0 radical (unpaired) electrons.